The van der Waals surface area contributed by atoms with E-state index in [4.69, 9.17) is 9.26 Å². The van der Waals surface area contributed by atoms with Crippen LogP contribution in [0.1, 0.15) is 13.8 Å². The number of carbonyl (C=O) groups excluding carboxylic acids is 1. The van der Waals surface area contributed by atoms with E-state index in [0.717, 1.165) is 0 Å². The number of allylic oxidation sites excluding steroid dienone is 1. The second-order valence-corrected chi connectivity index (χ2v) is 6.16. The van der Waals surface area contributed by atoms with Crippen LogP contribution in [-0.4, -0.2) is 24.8 Å². The molecule has 0 aromatic heterocycles. The van der Waals surface area contributed by atoms with E-state index in [1.807, 2.05) is 0 Å². The molecule has 1 rings (SSSR count). The van der Waals surface area contributed by atoms with Crippen LogP contribution in [0, 0.1) is 0 Å². The molecule has 0 bridgehead atoms. The van der Waals surface area contributed by atoms with Crippen LogP contribution in [0.5, 0.6) is 0 Å². The Balaban J connectivity index is 3.38. The SMILES string of the molecule is CCOC(=O)/C(=C(/C)O)P(=O)(OC)c1ccccc1. The Kier molecular flexibility index (Phi) is 5.33. The van der Waals surface area contributed by atoms with Gasteiger partial charge in [0, 0.05) is 12.4 Å². The summed E-state index contributed by atoms with van der Waals surface area (Å²) in [6, 6.07) is 8.26. The molecule has 5 nitrogen and oxygen atoms in total. The predicted molar refractivity (Wildman–Crippen MR) is 72.7 cm³/mol. The third-order valence-corrected chi connectivity index (χ3v) is 5.05. The number of esters is 1. The van der Waals surface area contributed by atoms with Crippen molar-refractivity contribution in [3.05, 3.63) is 41.4 Å². The lowest BCUT2D eigenvalue weighted by molar-refractivity contribution is -0.137. The van der Waals surface area contributed by atoms with Crippen molar-refractivity contribution in [2.45, 2.75) is 13.8 Å². The summed E-state index contributed by atoms with van der Waals surface area (Å²) in [6.45, 7) is 3.03. The quantitative estimate of drug-likeness (QED) is 0.389. The molecular formula is C13H17O5P. The van der Waals surface area contributed by atoms with E-state index in [0.29, 0.717) is 5.30 Å². The van der Waals surface area contributed by atoms with E-state index in [9.17, 15) is 14.5 Å². The molecule has 6 heteroatoms. The number of aliphatic hydroxyl groups excluding tert-OH is 1. The summed E-state index contributed by atoms with van der Waals surface area (Å²) in [4.78, 5) is 11.9. The third kappa shape index (κ3) is 3.25. The van der Waals surface area contributed by atoms with Gasteiger partial charge in [-0.2, -0.15) is 0 Å². The summed E-state index contributed by atoms with van der Waals surface area (Å²) in [6.07, 6.45) is 0. The summed E-state index contributed by atoms with van der Waals surface area (Å²) in [7, 11) is -2.42. The molecule has 0 aliphatic heterocycles. The molecule has 0 aliphatic rings. The number of hydrogen-bond donors (Lipinski definition) is 1. The Labute approximate surface area is 112 Å². The predicted octanol–water partition coefficient (Wildman–Crippen LogP) is 2.59. The second kappa shape index (κ2) is 6.55. The molecule has 1 N–H and O–H groups in total. The smallest absolute Gasteiger partial charge is 0.347 e. The lowest BCUT2D eigenvalue weighted by Crippen LogP contribution is -2.17. The van der Waals surface area contributed by atoms with Crippen molar-refractivity contribution in [2.75, 3.05) is 13.7 Å². The maximum Gasteiger partial charge on any atom is 0.347 e. The summed E-state index contributed by atoms with van der Waals surface area (Å²) >= 11 is 0. The lowest BCUT2D eigenvalue weighted by Gasteiger charge is -2.19. The van der Waals surface area contributed by atoms with E-state index in [2.05, 4.69) is 0 Å². The fraction of sp³-hybridized carbons (Fsp3) is 0.308. The van der Waals surface area contributed by atoms with Gasteiger partial charge in [0.1, 0.15) is 5.76 Å². The van der Waals surface area contributed by atoms with Crippen molar-refractivity contribution in [2.24, 2.45) is 0 Å². The highest BCUT2D eigenvalue weighted by molar-refractivity contribution is 7.72. The zero-order valence-corrected chi connectivity index (χ0v) is 12.0. The molecule has 104 valence electrons. The van der Waals surface area contributed by atoms with Crippen LogP contribution < -0.4 is 5.30 Å². The van der Waals surface area contributed by atoms with Gasteiger partial charge in [0.25, 0.3) is 7.37 Å². The minimum absolute atomic E-state index is 0.119. The second-order valence-electron chi connectivity index (χ2n) is 3.72. The van der Waals surface area contributed by atoms with Gasteiger partial charge in [-0.1, -0.05) is 18.2 Å². The molecule has 1 atom stereocenters. The van der Waals surface area contributed by atoms with E-state index in [1.54, 1.807) is 37.3 Å². The average molecular weight is 284 g/mol. The molecule has 0 aliphatic carbocycles. The van der Waals surface area contributed by atoms with Crippen molar-refractivity contribution in [3.63, 3.8) is 0 Å². The van der Waals surface area contributed by atoms with E-state index in [-0.39, 0.29) is 17.7 Å². The third-order valence-electron chi connectivity index (χ3n) is 2.46. The van der Waals surface area contributed by atoms with Crippen molar-refractivity contribution < 1.29 is 23.7 Å². The topological polar surface area (TPSA) is 72.8 Å². The summed E-state index contributed by atoms with van der Waals surface area (Å²) in [5, 5.41) is 9.66. The molecule has 0 heterocycles. The molecule has 0 saturated heterocycles. The standard InChI is InChI=1S/C13H17O5P/c1-4-18-13(15)12(10(2)14)19(16,17-3)11-8-6-5-7-9-11/h5-9,14H,4H2,1-3H3/b12-10+. The first-order chi connectivity index (χ1) is 8.97. The van der Waals surface area contributed by atoms with E-state index < -0.39 is 13.3 Å². The van der Waals surface area contributed by atoms with Crippen LogP contribution in [0.2, 0.25) is 0 Å². The van der Waals surface area contributed by atoms with Crippen molar-refractivity contribution in [1.82, 2.24) is 0 Å². The molecule has 19 heavy (non-hydrogen) atoms. The molecule has 0 saturated carbocycles. The van der Waals surface area contributed by atoms with Crippen molar-refractivity contribution >= 4 is 18.6 Å². The lowest BCUT2D eigenvalue weighted by atomic mass is 10.4. The van der Waals surface area contributed by atoms with Gasteiger partial charge in [0.05, 0.1) is 6.61 Å². The zero-order valence-electron chi connectivity index (χ0n) is 11.1. The fourth-order valence-electron chi connectivity index (χ4n) is 1.63. The Morgan fingerprint density at radius 3 is 2.32 bits per heavy atom. The van der Waals surface area contributed by atoms with Gasteiger partial charge in [-0.3, -0.25) is 4.57 Å². The van der Waals surface area contributed by atoms with Crippen LogP contribution in [-0.2, 0) is 18.6 Å². The van der Waals surface area contributed by atoms with Gasteiger partial charge >= 0.3 is 5.97 Å². The highest BCUT2D eigenvalue weighted by Gasteiger charge is 2.38. The largest absolute Gasteiger partial charge is 0.511 e. The zero-order chi connectivity index (χ0) is 14.5. The number of benzene rings is 1. The first-order valence-electron chi connectivity index (χ1n) is 5.76. The van der Waals surface area contributed by atoms with Gasteiger partial charge in [0.15, 0.2) is 5.31 Å². The van der Waals surface area contributed by atoms with E-state index in [1.165, 1.54) is 14.0 Å². The number of hydrogen-bond acceptors (Lipinski definition) is 5. The normalized spacial score (nSPS) is 15.3. The number of rotatable bonds is 5. The number of aliphatic hydroxyl groups is 1. The van der Waals surface area contributed by atoms with Crippen molar-refractivity contribution in [3.8, 4) is 0 Å². The Hall–Kier alpha value is -1.58. The summed E-state index contributed by atoms with van der Waals surface area (Å²) in [5.74, 6) is -1.20. The highest BCUT2D eigenvalue weighted by Crippen LogP contribution is 2.54. The Morgan fingerprint density at radius 1 is 1.32 bits per heavy atom. The van der Waals surface area contributed by atoms with Crippen LogP contribution in [0.15, 0.2) is 41.4 Å². The average Bonchev–Trinajstić information content (AvgIpc) is 2.39. The molecule has 1 unspecified atom stereocenters. The molecule has 0 spiro atoms. The van der Waals surface area contributed by atoms with Gasteiger partial charge in [-0.15, -0.1) is 0 Å². The van der Waals surface area contributed by atoms with Crippen LogP contribution in [0.25, 0.3) is 0 Å². The van der Waals surface area contributed by atoms with Gasteiger partial charge < -0.3 is 14.4 Å². The fourth-order valence-corrected chi connectivity index (χ4v) is 3.58. The monoisotopic (exact) mass is 284 g/mol. The molecule has 0 fully saturated rings. The number of carbonyl (C=O) groups is 1. The van der Waals surface area contributed by atoms with Gasteiger partial charge in [0.2, 0.25) is 0 Å². The summed E-state index contributed by atoms with van der Waals surface area (Å²) in [5.41, 5.74) is 0. The molecule has 1 aromatic rings. The van der Waals surface area contributed by atoms with Crippen LogP contribution >= 0.6 is 7.37 Å². The van der Waals surface area contributed by atoms with Crippen LogP contribution in [0.3, 0.4) is 0 Å². The molecule has 0 amide bonds. The minimum atomic E-state index is -3.65. The molecule has 1 aromatic carbocycles. The van der Waals surface area contributed by atoms with Crippen molar-refractivity contribution in [1.29, 1.82) is 0 Å². The maximum atomic E-state index is 12.9. The Morgan fingerprint density at radius 2 is 1.89 bits per heavy atom. The maximum absolute atomic E-state index is 12.9. The number of ether oxygens (including phenoxy) is 1. The van der Waals surface area contributed by atoms with Crippen LogP contribution in [0.4, 0.5) is 0 Å². The van der Waals surface area contributed by atoms with Gasteiger partial charge in [-0.25, -0.2) is 4.79 Å². The molecule has 0 radical (unpaired) electrons. The summed E-state index contributed by atoms with van der Waals surface area (Å²) < 4.78 is 22.8. The van der Waals surface area contributed by atoms with E-state index >= 15 is 0 Å². The highest BCUT2D eigenvalue weighted by atomic mass is 31.2. The Bertz CT molecular complexity index is 517. The first kappa shape index (κ1) is 15.5. The first-order valence-corrected chi connectivity index (χ1v) is 7.38. The minimum Gasteiger partial charge on any atom is -0.511 e. The molecular weight excluding hydrogens is 267 g/mol. The van der Waals surface area contributed by atoms with Gasteiger partial charge in [-0.05, 0) is 26.0 Å².